The zero-order valence-electron chi connectivity index (χ0n) is 16.9. The molecule has 9 heteroatoms. The Balaban J connectivity index is 0.000000318. The number of hydrogen-bond acceptors (Lipinski definition) is 4. The molecular weight excluding hydrogens is 399 g/mol. The quantitative estimate of drug-likeness (QED) is 0.745. The van der Waals surface area contributed by atoms with Gasteiger partial charge in [-0.05, 0) is 56.8 Å². The van der Waals surface area contributed by atoms with Gasteiger partial charge < -0.3 is 14.9 Å². The van der Waals surface area contributed by atoms with E-state index in [-0.39, 0.29) is 5.41 Å². The van der Waals surface area contributed by atoms with Crippen molar-refractivity contribution < 1.29 is 27.9 Å². The van der Waals surface area contributed by atoms with E-state index < -0.39 is 12.1 Å². The second-order valence-corrected chi connectivity index (χ2v) is 8.49. The van der Waals surface area contributed by atoms with Gasteiger partial charge in [-0.25, -0.2) is 4.79 Å². The average molecular weight is 427 g/mol. The fourth-order valence-electron chi connectivity index (χ4n) is 4.63. The first-order valence-electron chi connectivity index (χ1n) is 10.5. The Bertz CT molecular complexity index is 728. The van der Waals surface area contributed by atoms with Gasteiger partial charge in [0.15, 0.2) is 0 Å². The van der Waals surface area contributed by atoms with Crippen LogP contribution in [0.1, 0.15) is 44.9 Å². The van der Waals surface area contributed by atoms with E-state index in [4.69, 9.17) is 9.90 Å². The minimum absolute atomic E-state index is 0.0705. The SMILES string of the molecule is O=C(O)C(F)(F)F.O=C1N(c2cccnc2)CC12CCN(CC1CCCCC1)CC2. The summed E-state index contributed by atoms with van der Waals surface area (Å²) in [5, 5.41) is 7.12. The fourth-order valence-corrected chi connectivity index (χ4v) is 4.63. The van der Waals surface area contributed by atoms with E-state index in [9.17, 15) is 18.0 Å². The third-order valence-electron chi connectivity index (χ3n) is 6.41. The van der Waals surface area contributed by atoms with Crippen LogP contribution in [0.25, 0.3) is 0 Å². The third-order valence-corrected chi connectivity index (χ3v) is 6.41. The van der Waals surface area contributed by atoms with Gasteiger partial charge in [0.25, 0.3) is 0 Å². The number of carboxylic acid groups (broad SMARTS) is 1. The van der Waals surface area contributed by atoms with Crippen molar-refractivity contribution in [2.24, 2.45) is 11.3 Å². The molecule has 1 spiro atoms. The van der Waals surface area contributed by atoms with E-state index in [0.29, 0.717) is 5.91 Å². The molecule has 4 rings (SSSR count). The van der Waals surface area contributed by atoms with Gasteiger partial charge in [-0.1, -0.05) is 19.3 Å². The lowest BCUT2D eigenvalue weighted by Gasteiger charge is -2.52. The summed E-state index contributed by atoms with van der Waals surface area (Å²) in [6.45, 7) is 4.34. The second-order valence-electron chi connectivity index (χ2n) is 8.49. The zero-order valence-corrected chi connectivity index (χ0v) is 16.9. The van der Waals surface area contributed by atoms with Gasteiger partial charge in [0.2, 0.25) is 5.91 Å². The summed E-state index contributed by atoms with van der Waals surface area (Å²) in [5.41, 5.74) is 0.881. The summed E-state index contributed by atoms with van der Waals surface area (Å²) in [6.07, 6.45) is 7.63. The molecule has 0 radical (unpaired) electrons. The normalized spacial score (nSPS) is 22.2. The number of halogens is 3. The number of aromatic nitrogens is 1. The number of piperidine rings is 1. The maximum Gasteiger partial charge on any atom is 0.490 e. The van der Waals surface area contributed by atoms with E-state index in [1.54, 1.807) is 12.4 Å². The van der Waals surface area contributed by atoms with E-state index in [1.165, 1.54) is 38.6 Å². The first-order valence-corrected chi connectivity index (χ1v) is 10.5. The highest BCUT2D eigenvalue weighted by Crippen LogP contribution is 2.44. The van der Waals surface area contributed by atoms with Crippen molar-refractivity contribution >= 4 is 17.6 Å². The molecular formula is C21H28F3N3O3. The first-order chi connectivity index (χ1) is 14.2. The van der Waals surface area contributed by atoms with Crippen LogP contribution >= 0.6 is 0 Å². The lowest BCUT2D eigenvalue weighted by Crippen LogP contribution is -2.65. The van der Waals surface area contributed by atoms with E-state index in [1.807, 2.05) is 17.0 Å². The van der Waals surface area contributed by atoms with Crippen LogP contribution in [-0.4, -0.2) is 59.2 Å². The zero-order chi connectivity index (χ0) is 21.8. The Hall–Kier alpha value is -2.16. The predicted molar refractivity (Wildman–Crippen MR) is 105 cm³/mol. The number of pyridine rings is 1. The molecule has 1 saturated carbocycles. The number of hydrogen-bond donors (Lipinski definition) is 1. The number of carboxylic acids is 1. The highest BCUT2D eigenvalue weighted by Gasteiger charge is 2.53. The lowest BCUT2D eigenvalue weighted by atomic mass is 9.70. The lowest BCUT2D eigenvalue weighted by molar-refractivity contribution is -0.192. The molecule has 3 aliphatic rings. The molecule has 1 amide bonds. The molecule has 1 aromatic heterocycles. The van der Waals surface area contributed by atoms with Crippen molar-refractivity contribution in [1.29, 1.82) is 0 Å². The van der Waals surface area contributed by atoms with E-state index in [0.717, 1.165) is 44.1 Å². The van der Waals surface area contributed by atoms with Gasteiger partial charge in [0.05, 0.1) is 17.3 Å². The number of aliphatic carboxylic acids is 1. The van der Waals surface area contributed by atoms with Crippen LogP contribution in [0.4, 0.5) is 18.9 Å². The number of likely N-dealkylation sites (tertiary alicyclic amines) is 1. The fraction of sp³-hybridized carbons (Fsp3) is 0.667. The van der Waals surface area contributed by atoms with Crippen molar-refractivity contribution in [2.45, 2.75) is 51.1 Å². The second kappa shape index (κ2) is 9.32. The molecule has 1 aromatic rings. The highest BCUT2D eigenvalue weighted by molar-refractivity contribution is 6.04. The average Bonchev–Trinajstić information content (AvgIpc) is 2.74. The number of carbonyl (C=O) groups is 2. The monoisotopic (exact) mass is 427 g/mol. The summed E-state index contributed by atoms with van der Waals surface area (Å²) in [4.78, 5) is 30.3. The maximum absolute atomic E-state index is 12.7. The van der Waals surface area contributed by atoms with Gasteiger partial charge in [0, 0.05) is 19.3 Å². The van der Waals surface area contributed by atoms with Crippen LogP contribution in [-0.2, 0) is 9.59 Å². The Labute approximate surface area is 174 Å². The Kier molecular flexibility index (Phi) is 7.00. The van der Waals surface area contributed by atoms with Crippen LogP contribution in [0.15, 0.2) is 24.5 Å². The molecule has 0 atom stereocenters. The molecule has 2 aliphatic heterocycles. The summed E-state index contributed by atoms with van der Waals surface area (Å²) < 4.78 is 31.7. The van der Waals surface area contributed by atoms with Crippen molar-refractivity contribution in [2.75, 3.05) is 31.1 Å². The topological polar surface area (TPSA) is 73.7 Å². The number of amides is 1. The van der Waals surface area contributed by atoms with Crippen LogP contribution in [0.2, 0.25) is 0 Å². The molecule has 3 heterocycles. The van der Waals surface area contributed by atoms with Crippen LogP contribution < -0.4 is 4.90 Å². The molecule has 6 nitrogen and oxygen atoms in total. The predicted octanol–water partition coefficient (Wildman–Crippen LogP) is 3.72. The van der Waals surface area contributed by atoms with E-state index in [2.05, 4.69) is 9.88 Å². The van der Waals surface area contributed by atoms with Gasteiger partial charge in [0.1, 0.15) is 0 Å². The molecule has 1 N–H and O–H groups in total. The molecule has 0 bridgehead atoms. The van der Waals surface area contributed by atoms with Crippen molar-refractivity contribution in [3.05, 3.63) is 24.5 Å². The van der Waals surface area contributed by atoms with Crippen molar-refractivity contribution in [3.63, 3.8) is 0 Å². The molecule has 166 valence electrons. The molecule has 3 fully saturated rings. The van der Waals surface area contributed by atoms with Crippen molar-refractivity contribution in [3.8, 4) is 0 Å². The summed E-state index contributed by atoms with van der Waals surface area (Å²) in [6, 6.07) is 3.89. The standard InChI is InChI=1S/C19H27N3O.C2HF3O2/c23-18-19(15-22(18)17-7-4-10-20-13-17)8-11-21(12-9-19)14-16-5-2-1-3-6-16;3-2(4,5)1(6)7/h4,7,10,13,16H,1-3,5-6,8-9,11-12,14-15H2;(H,6,7). The highest BCUT2D eigenvalue weighted by atomic mass is 19.4. The summed E-state index contributed by atoms with van der Waals surface area (Å²) in [7, 11) is 0. The Morgan fingerprint density at radius 3 is 2.33 bits per heavy atom. The third kappa shape index (κ3) is 5.30. The van der Waals surface area contributed by atoms with Crippen LogP contribution in [0.3, 0.4) is 0 Å². The van der Waals surface area contributed by atoms with Gasteiger partial charge in [-0.15, -0.1) is 0 Å². The van der Waals surface area contributed by atoms with E-state index >= 15 is 0 Å². The van der Waals surface area contributed by atoms with Crippen LogP contribution in [0, 0.1) is 11.3 Å². The molecule has 30 heavy (non-hydrogen) atoms. The number of carbonyl (C=O) groups excluding carboxylic acids is 1. The maximum atomic E-state index is 12.7. The van der Waals surface area contributed by atoms with Gasteiger partial charge >= 0.3 is 12.1 Å². The number of nitrogens with zero attached hydrogens (tertiary/aromatic N) is 3. The summed E-state index contributed by atoms with van der Waals surface area (Å²) >= 11 is 0. The van der Waals surface area contributed by atoms with Gasteiger partial charge in [-0.3, -0.25) is 9.78 Å². The number of alkyl halides is 3. The Morgan fingerprint density at radius 1 is 1.20 bits per heavy atom. The first kappa shape index (κ1) is 22.5. The number of β-lactam (4-membered cyclic amide) rings is 1. The minimum atomic E-state index is -5.08. The molecule has 0 aromatic carbocycles. The molecule has 0 unspecified atom stereocenters. The smallest absolute Gasteiger partial charge is 0.475 e. The van der Waals surface area contributed by atoms with Crippen molar-refractivity contribution in [1.82, 2.24) is 9.88 Å². The number of anilines is 1. The number of rotatable bonds is 3. The summed E-state index contributed by atoms with van der Waals surface area (Å²) in [5.74, 6) is -1.53. The minimum Gasteiger partial charge on any atom is -0.475 e. The van der Waals surface area contributed by atoms with Crippen LogP contribution in [0.5, 0.6) is 0 Å². The largest absolute Gasteiger partial charge is 0.490 e. The molecule has 2 saturated heterocycles. The van der Waals surface area contributed by atoms with Gasteiger partial charge in [-0.2, -0.15) is 13.2 Å². The molecule has 1 aliphatic carbocycles. The Morgan fingerprint density at radius 2 is 1.83 bits per heavy atom.